The van der Waals surface area contributed by atoms with E-state index >= 15 is 0 Å². The van der Waals surface area contributed by atoms with E-state index in [2.05, 4.69) is 31.9 Å². The number of H-pyrrole nitrogens is 1. The third-order valence-corrected chi connectivity index (χ3v) is 6.55. The van der Waals surface area contributed by atoms with Crippen LogP contribution in [0.1, 0.15) is 5.69 Å². The SMILES string of the molecule is Cc1nc(N2CCN(C)CC2)ncc1-c1cc(=O)n(-c2nc3cc(Cl)ccc3s2)[nH]1. The van der Waals surface area contributed by atoms with E-state index in [1.807, 2.05) is 19.1 Å². The van der Waals surface area contributed by atoms with Gasteiger partial charge < -0.3 is 9.80 Å². The summed E-state index contributed by atoms with van der Waals surface area (Å²) < 4.78 is 2.41. The molecular weight excluding hydrogens is 422 g/mol. The van der Waals surface area contributed by atoms with Crippen LogP contribution < -0.4 is 10.5 Å². The van der Waals surface area contributed by atoms with Crippen molar-refractivity contribution in [2.75, 3.05) is 38.1 Å². The normalized spacial score (nSPS) is 15.2. The molecule has 0 atom stereocenters. The summed E-state index contributed by atoms with van der Waals surface area (Å²) in [5, 5.41) is 4.34. The minimum atomic E-state index is -0.183. The van der Waals surface area contributed by atoms with Crippen molar-refractivity contribution in [3.8, 4) is 16.4 Å². The second-order valence-corrected chi connectivity index (χ2v) is 8.86. The van der Waals surface area contributed by atoms with Crippen LogP contribution in [0.2, 0.25) is 5.02 Å². The number of nitrogens with zero attached hydrogens (tertiary/aromatic N) is 6. The van der Waals surface area contributed by atoms with Gasteiger partial charge in [0.15, 0.2) is 0 Å². The van der Waals surface area contributed by atoms with Crippen LogP contribution in [0.4, 0.5) is 5.95 Å². The zero-order valence-corrected chi connectivity index (χ0v) is 18.2. The molecule has 1 N–H and O–H groups in total. The molecule has 0 amide bonds. The zero-order chi connectivity index (χ0) is 20.8. The van der Waals surface area contributed by atoms with E-state index < -0.39 is 0 Å². The summed E-state index contributed by atoms with van der Waals surface area (Å²) in [6.45, 7) is 5.74. The van der Waals surface area contributed by atoms with Crippen molar-refractivity contribution >= 4 is 39.1 Å². The number of likely N-dealkylation sites (N-methyl/N-ethyl adjacent to an activating group) is 1. The predicted molar refractivity (Wildman–Crippen MR) is 120 cm³/mol. The maximum Gasteiger partial charge on any atom is 0.273 e. The van der Waals surface area contributed by atoms with Gasteiger partial charge in [0, 0.05) is 49.0 Å². The van der Waals surface area contributed by atoms with Gasteiger partial charge in [0.25, 0.3) is 5.56 Å². The average molecular weight is 442 g/mol. The molecule has 8 nitrogen and oxygen atoms in total. The molecule has 3 aromatic heterocycles. The van der Waals surface area contributed by atoms with E-state index in [4.69, 9.17) is 16.6 Å². The standard InChI is InChI=1S/C20H20ClN7OS/c1-12-14(11-22-19(23-12)27-7-5-26(2)6-8-27)15-10-18(29)28(25-15)20-24-16-9-13(21)3-4-17(16)30-20/h3-4,9-11,25H,5-8H2,1-2H3. The summed E-state index contributed by atoms with van der Waals surface area (Å²) in [6.07, 6.45) is 1.78. The third-order valence-electron chi connectivity index (χ3n) is 5.29. The van der Waals surface area contributed by atoms with Crippen molar-refractivity contribution in [1.82, 2.24) is 29.6 Å². The molecule has 0 saturated carbocycles. The molecule has 0 unspecified atom stereocenters. The Bertz CT molecular complexity index is 1290. The monoisotopic (exact) mass is 441 g/mol. The summed E-state index contributed by atoms with van der Waals surface area (Å²) in [5.41, 5.74) is 2.87. The summed E-state index contributed by atoms with van der Waals surface area (Å²) >= 11 is 7.48. The Labute approximate surface area is 181 Å². The molecule has 1 saturated heterocycles. The molecule has 30 heavy (non-hydrogen) atoms. The first-order chi connectivity index (χ1) is 14.5. The minimum absolute atomic E-state index is 0.183. The number of benzene rings is 1. The number of thiazole rings is 1. The lowest BCUT2D eigenvalue weighted by Gasteiger charge is -2.32. The molecule has 0 spiro atoms. The van der Waals surface area contributed by atoms with E-state index in [1.165, 1.54) is 16.0 Å². The summed E-state index contributed by atoms with van der Waals surface area (Å²) in [4.78, 5) is 30.9. The molecule has 0 radical (unpaired) electrons. The molecular formula is C20H20ClN7OS. The van der Waals surface area contributed by atoms with E-state index in [0.29, 0.717) is 15.8 Å². The van der Waals surface area contributed by atoms with Crippen molar-refractivity contribution in [1.29, 1.82) is 0 Å². The molecule has 1 fully saturated rings. The second kappa shape index (κ2) is 7.50. The van der Waals surface area contributed by atoms with Crippen LogP contribution >= 0.6 is 22.9 Å². The van der Waals surface area contributed by atoms with Crippen LogP contribution in [-0.4, -0.2) is 62.9 Å². The molecule has 1 aliphatic heterocycles. The predicted octanol–water partition coefficient (Wildman–Crippen LogP) is 2.95. The maximum atomic E-state index is 12.6. The lowest BCUT2D eigenvalue weighted by Crippen LogP contribution is -2.45. The van der Waals surface area contributed by atoms with Crippen molar-refractivity contribution in [2.45, 2.75) is 6.92 Å². The fourth-order valence-electron chi connectivity index (χ4n) is 3.54. The first-order valence-electron chi connectivity index (χ1n) is 9.64. The summed E-state index contributed by atoms with van der Waals surface area (Å²) in [6, 6.07) is 7.07. The minimum Gasteiger partial charge on any atom is -0.338 e. The van der Waals surface area contributed by atoms with Crippen LogP contribution in [0.5, 0.6) is 0 Å². The molecule has 0 aliphatic carbocycles. The average Bonchev–Trinajstić information content (AvgIpc) is 3.31. The van der Waals surface area contributed by atoms with Gasteiger partial charge in [-0.05, 0) is 32.2 Å². The smallest absolute Gasteiger partial charge is 0.273 e. The Kier molecular flexibility index (Phi) is 4.80. The maximum absolute atomic E-state index is 12.6. The van der Waals surface area contributed by atoms with Crippen molar-refractivity contribution in [3.05, 3.63) is 51.5 Å². The summed E-state index contributed by atoms with van der Waals surface area (Å²) in [7, 11) is 2.12. The highest BCUT2D eigenvalue weighted by atomic mass is 35.5. The molecule has 1 aromatic carbocycles. The lowest BCUT2D eigenvalue weighted by molar-refractivity contribution is 0.311. The van der Waals surface area contributed by atoms with Gasteiger partial charge in [-0.2, -0.15) is 4.68 Å². The molecule has 154 valence electrons. The first kappa shape index (κ1) is 19.2. The number of aryl methyl sites for hydroxylation is 1. The Balaban J connectivity index is 1.47. The largest absolute Gasteiger partial charge is 0.338 e. The molecule has 5 rings (SSSR count). The van der Waals surface area contributed by atoms with Gasteiger partial charge in [-0.15, -0.1) is 0 Å². The number of piperazine rings is 1. The van der Waals surface area contributed by atoms with Gasteiger partial charge in [0.05, 0.1) is 21.6 Å². The van der Waals surface area contributed by atoms with Gasteiger partial charge in [-0.3, -0.25) is 9.89 Å². The lowest BCUT2D eigenvalue weighted by atomic mass is 10.2. The number of fused-ring (bicyclic) bond motifs is 1. The number of rotatable bonds is 3. The number of nitrogens with one attached hydrogen (secondary N) is 1. The van der Waals surface area contributed by atoms with Gasteiger partial charge >= 0.3 is 0 Å². The highest BCUT2D eigenvalue weighted by molar-refractivity contribution is 7.20. The van der Waals surface area contributed by atoms with Gasteiger partial charge in [0.1, 0.15) is 0 Å². The van der Waals surface area contributed by atoms with E-state index in [1.54, 1.807) is 18.3 Å². The Morgan fingerprint density at radius 1 is 1.13 bits per heavy atom. The molecule has 4 heterocycles. The van der Waals surface area contributed by atoms with Crippen LogP contribution in [0.3, 0.4) is 0 Å². The number of anilines is 1. The highest BCUT2D eigenvalue weighted by Gasteiger charge is 2.19. The van der Waals surface area contributed by atoms with E-state index in [-0.39, 0.29) is 5.56 Å². The van der Waals surface area contributed by atoms with Crippen LogP contribution in [-0.2, 0) is 0 Å². The fourth-order valence-corrected chi connectivity index (χ4v) is 4.62. The number of hydrogen-bond donors (Lipinski definition) is 1. The zero-order valence-electron chi connectivity index (χ0n) is 16.6. The van der Waals surface area contributed by atoms with Gasteiger partial charge in [0.2, 0.25) is 11.1 Å². The van der Waals surface area contributed by atoms with Crippen LogP contribution in [0, 0.1) is 6.92 Å². The third kappa shape index (κ3) is 3.49. The molecule has 1 aliphatic rings. The van der Waals surface area contributed by atoms with Crippen molar-refractivity contribution in [2.24, 2.45) is 0 Å². The molecule has 4 aromatic rings. The van der Waals surface area contributed by atoms with Gasteiger partial charge in [-0.25, -0.2) is 15.0 Å². The van der Waals surface area contributed by atoms with E-state index in [9.17, 15) is 4.79 Å². The first-order valence-corrected chi connectivity index (χ1v) is 10.8. The number of hydrogen-bond acceptors (Lipinski definition) is 7. The van der Waals surface area contributed by atoms with Gasteiger partial charge in [-0.1, -0.05) is 22.9 Å². The van der Waals surface area contributed by atoms with E-state index in [0.717, 1.165) is 53.6 Å². The highest BCUT2D eigenvalue weighted by Crippen LogP contribution is 2.27. The number of aromatic amines is 1. The Hall–Kier alpha value is -2.75. The fraction of sp³-hybridized carbons (Fsp3) is 0.300. The Morgan fingerprint density at radius 2 is 1.93 bits per heavy atom. The van der Waals surface area contributed by atoms with Crippen molar-refractivity contribution < 1.29 is 0 Å². The molecule has 10 heteroatoms. The number of halogens is 1. The summed E-state index contributed by atoms with van der Waals surface area (Å²) in [5.74, 6) is 0.731. The van der Waals surface area contributed by atoms with Crippen LogP contribution in [0.25, 0.3) is 26.6 Å². The Morgan fingerprint density at radius 3 is 2.70 bits per heavy atom. The van der Waals surface area contributed by atoms with Crippen LogP contribution in [0.15, 0.2) is 35.3 Å². The number of aromatic nitrogens is 5. The topological polar surface area (TPSA) is 82.9 Å². The second-order valence-electron chi connectivity index (χ2n) is 7.41. The quantitative estimate of drug-likeness (QED) is 0.526. The molecule has 0 bridgehead atoms. The van der Waals surface area contributed by atoms with Crippen molar-refractivity contribution in [3.63, 3.8) is 0 Å².